The van der Waals surface area contributed by atoms with E-state index in [-0.39, 0.29) is 0 Å². The van der Waals surface area contributed by atoms with Crippen LogP contribution >= 0.6 is 0 Å². The van der Waals surface area contributed by atoms with E-state index in [1.807, 2.05) is 53.6 Å². The highest BCUT2D eigenvalue weighted by atomic mass is 16.6. The van der Waals surface area contributed by atoms with Crippen molar-refractivity contribution in [1.82, 2.24) is 20.1 Å². The predicted molar refractivity (Wildman–Crippen MR) is 121 cm³/mol. The molecule has 0 bridgehead atoms. The Kier molecular flexibility index (Phi) is 8.64. The second-order valence-electron chi connectivity index (χ2n) is 7.15. The molecule has 0 saturated heterocycles. The maximum atomic E-state index is 5.60. The molecule has 1 aliphatic heterocycles. The van der Waals surface area contributed by atoms with Crippen LogP contribution < -0.4 is 10.9 Å². The van der Waals surface area contributed by atoms with E-state index >= 15 is 0 Å². The molecule has 2 heterocycles. The number of aromatic nitrogens is 3. The van der Waals surface area contributed by atoms with Gasteiger partial charge in [0.25, 0.3) is 0 Å². The maximum absolute atomic E-state index is 5.60. The second-order valence-corrected chi connectivity index (χ2v) is 7.15. The summed E-state index contributed by atoms with van der Waals surface area (Å²) in [4.78, 5) is 1.67. The first-order valence-electron chi connectivity index (χ1n) is 10.9. The summed E-state index contributed by atoms with van der Waals surface area (Å²) in [7, 11) is 0. The average Bonchev–Trinajstić information content (AvgIpc) is 3.42. The van der Waals surface area contributed by atoms with Crippen LogP contribution in [-0.2, 0) is 25.5 Å². The van der Waals surface area contributed by atoms with Crippen LogP contribution in [-0.4, -0.2) is 79.5 Å². The number of fused-ring (bicyclic) bond motifs is 2. The number of hydrazine groups is 2. The van der Waals surface area contributed by atoms with Gasteiger partial charge in [0, 0.05) is 0 Å². The molecule has 0 aliphatic carbocycles. The van der Waals surface area contributed by atoms with Crippen LogP contribution in [0.5, 0.6) is 0 Å². The van der Waals surface area contributed by atoms with Crippen LogP contribution in [0.4, 0.5) is 11.4 Å². The number of benzene rings is 2. The lowest BCUT2D eigenvalue weighted by Crippen LogP contribution is -2.33. The van der Waals surface area contributed by atoms with E-state index in [1.54, 1.807) is 4.80 Å². The van der Waals surface area contributed by atoms with Crippen LogP contribution in [0.2, 0.25) is 0 Å². The normalized spacial score (nSPS) is 13.2. The van der Waals surface area contributed by atoms with Crippen molar-refractivity contribution in [3.63, 3.8) is 0 Å². The molecule has 32 heavy (non-hydrogen) atoms. The largest absolute Gasteiger partial charge is 0.378 e. The molecule has 0 spiro atoms. The number of ether oxygens (including phenoxy) is 4. The third-order valence-corrected chi connectivity index (χ3v) is 4.78. The quantitative estimate of drug-likeness (QED) is 0.343. The van der Waals surface area contributed by atoms with Crippen molar-refractivity contribution in [3.05, 3.63) is 48.5 Å². The number of para-hydroxylation sites is 2. The average molecular weight is 443 g/mol. The van der Waals surface area contributed by atoms with E-state index in [1.165, 1.54) is 0 Å². The first kappa shape index (κ1) is 22.4. The van der Waals surface area contributed by atoms with Crippen molar-refractivity contribution in [1.29, 1.82) is 0 Å². The van der Waals surface area contributed by atoms with Gasteiger partial charge in [-0.1, -0.05) is 24.3 Å². The van der Waals surface area contributed by atoms with E-state index in [9.17, 15) is 0 Å². The van der Waals surface area contributed by atoms with Gasteiger partial charge in [0.15, 0.2) is 0 Å². The predicted octanol–water partition coefficient (Wildman–Crippen LogP) is 2.17. The lowest BCUT2D eigenvalue weighted by molar-refractivity contribution is -0.00400. The minimum absolute atomic E-state index is 0.534. The second kappa shape index (κ2) is 12.3. The van der Waals surface area contributed by atoms with Crippen molar-refractivity contribution >= 4 is 22.4 Å². The Bertz CT molecular complexity index is 895. The molecule has 0 unspecified atom stereocenters. The highest BCUT2D eigenvalue weighted by molar-refractivity contribution is 5.73. The molecule has 0 radical (unpaired) electrons. The van der Waals surface area contributed by atoms with Gasteiger partial charge in [-0.15, -0.1) is 5.12 Å². The Labute approximate surface area is 187 Å². The van der Waals surface area contributed by atoms with Crippen molar-refractivity contribution < 1.29 is 18.9 Å². The zero-order chi connectivity index (χ0) is 21.8. The molecule has 4 rings (SSSR count). The smallest absolute Gasteiger partial charge is 0.113 e. The van der Waals surface area contributed by atoms with Crippen LogP contribution in [0.3, 0.4) is 0 Å². The minimum Gasteiger partial charge on any atom is -0.378 e. The van der Waals surface area contributed by atoms with Crippen LogP contribution in [0.15, 0.2) is 48.5 Å². The molecule has 0 amide bonds. The summed E-state index contributed by atoms with van der Waals surface area (Å²) in [5, 5.41) is 10.7. The minimum atomic E-state index is 0.534. The molecule has 1 aromatic heterocycles. The molecular weight excluding hydrogens is 412 g/mol. The van der Waals surface area contributed by atoms with Crippen molar-refractivity contribution in [2.75, 3.05) is 70.3 Å². The number of hydrogen-bond acceptors (Lipinski definition) is 9. The SMILES string of the molecule is c1ccc2c(c1)NN(CCOCCOCCOCCOCCn1nc3ccccc3n1)N2. The fourth-order valence-corrected chi connectivity index (χ4v) is 3.18. The Morgan fingerprint density at radius 1 is 0.562 bits per heavy atom. The Morgan fingerprint density at radius 2 is 1.00 bits per heavy atom. The topological polar surface area (TPSA) is 94.9 Å². The lowest BCUT2D eigenvalue weighted by atomic mass is 10.3. The highest BCUT2D eigenvalue weighted by Crippen LogP contribution is 2.26. The van der Waals surface area contributed by atoms with Gasteiger partial charge in [-0.2, -0.15) is 15.0 Å². The molecule has 0 saturated carbocycles. The molecule has 0 fully saturated rings. The van der Waals surface area contributed by atoms with Gasteiger partial charge >= 0.3 is 0 Å². The number of nitrogens with zero attached hydrogens (tertiary/aromatic N) is 4. The summed E-state index contributed by atoms with van der Waals surface area (Å²) in [6.07, 6.45) is 0. The van der Waals surface area contributed by atoms with Crippen molar-refractivity contribution in [2.24, 2.45) is 0 Å². The number of rotatable bonds is 15. The molecule has 1 aliphatic rings. The number of nitrogens with one attached hydrogen (secondary N) is 2. The zero-order valence-electron chi connectivity index (χ0n) is 18.1. The molecule has 172 valence electrons. The van der Waals surface area contributed by atoms with Crippen molar-refractivity contribution in [3.8, 4) is 0 Å². The zero-order valence-corrected chi connectivity index (χ0v) is 18.1. The van der Waals surface area contributed by atoms with E-state index in [0.717, 1.165) is 29.0 Å². The van der Waals surface area contributed by atoms with E-state index in [4.69, 9.17) is 18.9 Å². The first-order chi connectivity index (χ1) is 15.9. The van der Waals surface area contributed by atoms with Gasteiger partial charge in [-0.05, 0) is 24.3 Å². The maximum Gasteiger partial charge on any atom is 0.113 e. The van der Waals surface area contributed by atoms with Crippen LogP contribution in [0, 0.1) is 0 Å². The van der Waals surface area contributed by atoms with Gasteiger partial charge in [0.1, 0.15) is 11.0 Å². The molecular formula is C22H30N6O4. The van der Waals surface area contributed by atoms with Crippen molar-refractivity contribution in [2.45, 2.75) is 6.54 Å². The van der Waals surface area contributed by atoms with E-state index < -0.39 is 0 Å². The Morgan fingerprint density at radius 3 is 1.53 bits per heavy atom. The number of hydrogen-bond donors (Lipinski definition) is 2. The van der Waals surface area contributed by atoms with Gasteiger partial charge in [-0.25, -0.2) is 0 Å². The number of anilines is 2. The Balaban J connectivity index is 0.908. The molecule has 2 aromatic carbocycles. The molecule has 10 nitrogen and oxygen atoms in total. The summed E-state index contributed by atoms with van der Waals surface area (Å²) >= 11 is 0. The van der Waals surface area contributed by atoms with Gasteiger partial charge in [-0.3, -0.25) is 10.9 Å². The van der Waals surface area contributed by atoms with Gasteiger partial charge in [0.2, 0.25) is 0 Å². The van der Waals surface area contributed by atoms with Gasteiger partial charge in [0.05, 0.1) is 77.3 Å². The van der Waals surface area contributed by atoms with Gasteiger partial charge < -0.3 is 18.9 Å². The molecule has 2 N–H and O–H groups in total. The monoisotopic (exact) mass is 442 g/mol. The summed E-state index contributed by atoms with van der Waals surface area (Å²) in [5.41, 5.74) is 10.5. The molecule has 3 aromatic rings. The van der Waals surface area contributed by atoms with E-state index in [2.05, 4.69) is 21.0 Å². The lowest BCUT2D eigenvalue weighted by Gasteiger charge is -2.16. The van der Waals surface area contributed by atoms with E-state index in [0.29, 0.717) is 59.4 Å². The molecule has 0 atom stereocenters. The third-order valence-electron chi connectivity index (χ3n) is 4.78. The molecule has 10 heteroatoms. The standard InChI is InChI=1S/C22H30N6O4/c1-2-6-20-19(5-1)23-27(24-20)9-11-29-13-15-31-17-18-32-16-14-30-12-10-28-25-21-7-3-4-8-22(21)26-28/h1-8,23-24H,9-18H2. The fourth-order valence-electron chi connectivity index (χ4n) is 3.18. The summed E-state index contributed by atoms with van der Waals surface area (Å²) in [5.74, 6) is 0. The fraction of sp³-hybridized carbons (Fsp3) is 0.455. The summed E-state index contributed by atoms with van der Waals surface area (Å²) < 4.78 is 22.2. The highest BCUT2D eigenvalue weighted by Gasteiger charge is 2.15. The summed E-state index contributed by atoms with van der Waals surface area (Å²) in [6.45, 7) is 5.75. The van der Waals surface area contributed by atoms with Crippen LogP contribution in [0.25, 0.3) is 11.0 Å². The van der Waals surface area contributed by atoms with Crippen LogP contribution in [0.1, 0.15) is 0 Å². The Hall–Kier alpha value is -2.76. The third kappa shape index (κ3) is 6.87. The summed E-state index contributed by atoms with van der Waals surface area (Å²) in [6, 6.07) is 15.9. The first-order valence-corrected chi connectivity index (χ1v) is 10.9.